The molecule has 112 valence electrons. The van der Waals surface area contributed by atoms with E-state index in [0.717, 1.165) is 25.7 Å². The van der Waals surface area contributed by atoms with Crippen LogP contribution in [0.1, 0.15) is 52.4 Å². The number of amides is 1. The Labute approximate surface area is 115 Å². The number of nitrogens with one attached hydrogen (secondary N) is 1. The Morgan fingerprint density at radius 2 is 1.89 bits per heavy atom. The average Bonchev–Trinajstić information content (AvgIpc) is 2.36. The minimum Gasteiger partial charge on any atom is -0.481 e. The molecule has 0 aromatic rings. The van der Waals surface area contributed by atoms with Crippen molar-refractivity contribution < 1.29 is 14.7 Å². The molecule has 0 aliphatic rings. The van der Waals surface area contributed by atoms with Gasteiger partial charge in [0, 0.05) is 13.0 Å². The van der Waals surface area contributed by atoms with E-state index in [-0.39, 0.29) is 12.5 Å². The quantitative estimate of drug-likeness (QED) is 0.534. The third-order valence-corrected chi connectivity index (χ3v) is 3.44. The first-order chi connectivity index (χ1) is 9.04. The molecule has 0 bridgehead atoms. The van der Waals surface area contributed by atoms with Crippen molar-refractivity contribution in [3.8, 4) is 0 Å². The van der Waals surface area contributed by atoms with E-state index in [1.165, 1.54) is 0 Å². The summed E-state index contributed by atoms with van der Waals surface area (Å²) >= 11 is 0. The zero-order chi connectivity index (χ0) is 14.7. The van der Waals surface area contributed by atoms with Crippen molar-refractivity contribution in [2.45, 2.75) is 52.4 Å². The highest BCUT2D eigenvalue weighted by atomic mass is 16.4. The second-order valence-electron chi connectivity index (χ2n) is 5.02. The summed E-state index contributed by atoms with van der Waals surface area (Å²) in [4.78, 5) is 22.5. The van der Waals surface area contributed by atoms with Crippen molar-refractivity contribution >= 4 is 11.9 Å². The van der Waals surface area contributed by atoms with Gasteiger partial charge in [-0.15, -0.1) is 0 Å². The van der Waals surface area contributed by atoms with Crippen molar-refractivity contribution in [3.63, 3.8) is 0 Å². The molecule has 0 aromatic heterocycles. The first-order valence-corrected chi connectivity index (χ1v) is 7.24. The lowest BCUT2D eigenvalue weighted by Gasteiger charge is -2.15. The summed E-state index contributed by atoms with van der Waals surface area (Å²) in [5.41, 5.74) is 5.55. The Balaban J connectivity index is 3.93. The number of nitrogens with two attached hydrogens (primary N) is 1. The minimum absolute atomic E-state index is 0.0576. The van der Waals surface area contributed by atoms with Gasteiger partial charge in [0.2, 0.25) is 5.91 Å². The highest BCUT2D eigenvalue weighted by Gasteiger charge is 2.16. The van der Waals surface area contributed by atoms with Crippen LogP contribution in [0.5, 0.6) is 0 Å². The molecule has 0 saturated heterocycles. The van der Waals surface area contributed by atoms with Gasteiger partial charge in [-0.3, -0.25) is 9.59 Å². The molecule has 4 N–H and O–H groups in total. The fourth-order valence-corrected chi connectivity index (χ4v) is 2.14. The van der Waals surface area contributed by atoms with Crippen molar-refractivity contribution in [3.05, 3.63) is 0 Å². The van der Waals surface area contributed by atoms with Crippen LogP contribution in [-0.2, 0) is 9.59 Å². The van der Waals surface area contributed by atoms with Crippen LogP contribution in [-0.4, -0.2) is 30.1 Å². The van der Waals surface area contributed by atoms with Crippen LogP contribution in [0.4, 0.5) is 0 Å². The van der Waals surface area contributed by atoms with E-state index in [2.05, 4.69) is 12.2 Å². The molecule has 0 aliphatic carbocycles. The second kappa shape index (κ2) is 10.8. The van der Waals surface area contributed by atoms with E-state index in [9.17, 15) is 9.59 Å². The summed E-state index contributed by atoms with van der Waals surface area (Å²) in [7, 11) is 0. The van der Waals surface area contributed by atoms with Gasteiger partial charge in [0.1, 0.15) is 0 Å². The zero-order valence-corrected chi connectivity index (χ0v) is 12.2. The third kappa shape index (κ3) is 8.59. The number of hydrogen-bond donors (Lipinski definition) is 3. The van der Waals surface area contributed by atoms with Gasteiger partial charge in [-0.25, -0.2) is 0 Å². The molecular weight excluding hydrogens is 244 g/mol. The molecule has 19 heavy (non-hydrogen) atoms. The van der Waals surface area contributed by atoms with Gasteiger partial charge in [-0.05, 0) is 31.7 Å². The molecule has 5 heteroatoms. The molecular formula is C14H28N2O3. The molecule has 0 spiro atoms. The van der Waals surface area contributed by atoms with E-state index >= 15 is 0 Å². The SMILES string of the molecule is CCCC(CCN)CCC(=O)NCC(CC)C(=O)O. The molecule has 2 atom stereocenters. The lowest BCUT2D eigenvalue weighted by molar-refractivity contribution is -0.141. The van der Waals surface area contributed by atoms with Gasteiger partial charge < -0.3 is 16.2 Å². The van der Waals surface area contributed by atoms with Crippen LogP contribution in [0.15, 0.2) is 0 Å². The van der Waals surface area contributed by atoms with Crippen LogP contribution in [0.3, 0.4) is 0 Å². The smallest absolute Gasteiger partial charge is 0.308 e. The Hall–Kier alpha value is -1.10. The molecule has 5 nitrogen and oxygen atoms in total. The predicted molar refractivity (Wildman–Crippen MR) is 75.7 cm³/mol. The van der Waals surface area contributed by atoms with Crippen molar-refractivity contribution in [2.75, 3.05) is 13.1 Å². The van der Waals surface area contributed by atoms with Crippen LogP contribution in [0.25, 0.3) is 0 Å². The van der Waals surface area contributed by atoms with Crippen molar-refractivity contribution in [1.82, 2.24) is 5.32 Å². The average molecular weight is 272 g/mol. The van der Waals surface area contributed by atoms with E-state index in [4.69, 9.17) is 10.8 Å². The predicted octanol–water partition coefficient (Wildman–Crippen LogP) is 1.76. The minimum atomic E-state index is -0.852. The number of aliphatic carboxylic acids is 1. The largest absolute Gasteiger partial charge is 0.481 e. The van der Waals surface area contributed by atoms with Crippen LogP contribution in [0, 0.1) is 11.8 Å². The Morgan fingerprint density at radius 1 is 1.21 bits per heavy atom. The maximum absolute atomic E-state index is 11.7. The number of rotatable bonds is 11. The van der Waals surface area contributed by atoms with E-state index in [1.807, 2.05) is 6.92 Å². The van der Waals surface area contributed by atoms with Crippen LogP contribution < -0.4 is 11.1 Å². The zero-order valence-electron chi connectivity index (χ0n) is 12.2. The Kier molecular flexibility index (Phi) is 10.2. The highest BCUT2D eigenvalue weighted by molar-refractivity contribution is 5.77. The van der Waals surface area contributed by atoms with Crippen molar-refractivity contribution in [1.29, 1.82) is 0 Å². The summed E-state index contributed by atoms with van der Waals surface area (Å²) in [6.45, 7) is 4.81. The fraction of sp³-hybridized carbons (Fsp3) is 0.857. The third-order valence-electron chi connectivity index (χ3n) is 3.44. The van der Waals surface area contributed by atoms with Crippen LogP contribution >= 0.6 is 0 Å². The maximum atomic E-state index is 11.7. The van der Waals surface area contributed by atoms with Gasteiger partial charge in [0.15, 0.2) is 0 Å². The topological polar surface area (TPSA) is 92.4 Å². The Bertz CT molecular complexity index is 263. The number of carbonyl (C=O) groups is 2. The molecule has 0 aromatic carbocycles. The van der Waals surface area contributed by atoms with E-state index < -0.39 is 11.9 Å². The molecule has 0 saturated carbocycles. The van der Waals surface area contributed by atoms with Crippen LogP contribution in [0.2, 0.25) is 0 Å². The normalized spacial score (nSPS) is 13.8. The summed E-state index contributed by atoms with van der Waals surface area (Å²) in [6.07, 6.45) is 4.97. The lowest BCUT2D eigenvalue weighted by atomic mass is 9.94. The highest BCUT2D eigenvalue weighted by Crippen LogP contribution is 2.16. The summed E-state index contributed by atoms with van der Waals surface area (Å²) in [5.74, 6) is -0.894. The molecule has 0 rings (SSSR count). The number of hydrogen-bond acceptors (Lipinski definition) is 3. The summed E-state index contributed by atoms with van der Waals surface area (Å²) < 4.78 is 0. The number of carboxylic acid groups (broad SMARTS) is 1. The maximum Gasteiger partial charge on any atom is 0.308 e. The first kappa shape index (κ1) is 17.9. The molecule has 0 fully saturated rings. The molecule has 0 radical (unpaired) electrons. The second-order valence-corrected chi connectivity index (χ2v) is 5.02. The van der Waals surface area contributed by atoms with Crippen molar-refractivity contribution in [2.24, 2.45) is 17.6 Å². The Morgan fingerprint density at radius 3 is 2.37 bits per heavy atom. The van der Waals surface area contributed by atoms with Gasteiger partial charge >= 0.3 is 5.97 Å². The van der Waals surface area contributed by atoms with E-state index in [0.29, 0.717) is 25.3 Å². The van der Waals surface area contributed by atoms with E-state index in [1.54, 1.807) is 0 Å². The van der Waals surface area contributed by atoms with Gasteiger partial charge in [0.05, 0.1) is 5.92 Å². The monoisotopic (exact) mass is 272 g/mol. The number of carbonyl (C=O) groups excluding carboxylic acids is 1. The molecule has 0 aliphatic heterocycles. The molecule has 1 amide bonds. The standard InChI is InChI=1S/C14H28N2O3/c1-3-5-11(8-9-15)6-7-13(17)16-10-12(4-2)14(18)19/h11-12H,3-10,15H2,1-2H3,(H,16,17)(H,18,19). The van der Waals surface area contributed by atoms with Gasteiger partial charge in [0.25, 0.3) is 0 Å². The molecule has 0 heterocycles. The summed E-state index contributed by atoms with van der Waals surface area (Å²) in [6, 6.07) is 0. The number of carboxylic acids is 1. The first-order valence-electron chi connectivity index (χ1n) is 7.24. The molecule has 2 unspecified atom stereocenters. The lowest BCUT2D eigenvalue weighted by Crippen LogP contribution is -2.32. The van der Waals surface area contributed by atoms with Gasteiger partial charge in [-0.1, -0.05) is 26.7 Å². The van der Waals surface area contributed by atoms with Gasteiger partial charge in [-0.2, -0.15) is 0 Å². The fourth-order valence-electron chi connectivity index (χ4n) is 2.14. The summed E-state index contributed by atoms with van der Waals surface area (Å²) in [5, 5.41) is 11.6.